The highest BCUT2D eigenvalue weighted by Gasteiger charge is 2.04. The predicted molar refractivity (Wildman–Crippen MR) is 78.4 cm³/mol. The van der Waals surface area contributed by atoms with Crippen LogP contribution in [0.2, 0.25) is 0 Å². The maximum absolute atomic E-state index is 11.7. The van der Waals surface area contributed by atoms with Crippen molar-refractivity contribution >= 4 is 22.8 Å². The fourth-order valence-corrected chi connectivity index (χ4v) is 1.95. The summed E-state index contributed by atoms with van der Waals surface area (Å²) in [5.41, 5.74) is 2.62. The number of hydrogen-bond donors (Lipinski definition) is 3. The van der Waals surface area contributed by atoms with Crippen LogP contribution >= 0.6 is 0 Å². The summed E-state index contributed by atoms with van der Waals surface area (Å²) >= 11 is 0. The van der Waals surface area contributed by atoms with Crippen LogP contribution in [0.5, 0.6) is 0 Å². The highest BCUT2D eigenvalue weighted by molar-refractivity contribution is 5.89. The summed E-state index contributed by atoms with van der Waals surface area (Å²) in [6.45, 7) is 0.355. The Hall–Kier alpha value is -2.82. The average molecular weight is 266 g/mol. The van der Waals surface area contributed by atoms with Crippen molar-refractivity contribution in [2.24, 2.45) is 0 Å². The minimum atomic E-state index is -0.253. The molecule has 3 aromatic rings. The number of fused-ring (bicyclic) bond motifs is 1. The van der Waals surface area contributed by atoms with Crippen LogP contribution in [0.15, 0.2) is 54.6 Å². The average Bonchev–Trinajstić information content (AvgIpc) is 2.89. The van der Waals surface area contributed by atoms with Crippen molar-refractivity contribution in [3.05, 3.63) is 60.4 Å². The molecule has 0 spiro atoms. The van der Waals surface area contributed by atoms with Gasteiger partial charge in [-0.15, -0.1) is 0 Å². The summed E-state index contributed by atoms with van der Waals surface area (Å²) in [5, 5.41) is 5.52. The third-order valence-corrected chi connectivity index (χ3v) is 2.89. The van der Waals surface area contributed by atoms with Gasteiger partial charge in [-0.2, -0.15) is 0 Å². The van der Waals surface area contributed by atoms with Crippen LogP contribution in [0.3, 0.4) is 0 Å². The molecule has 100 valence electrons. The van der Waals surface area contributed by atoms with Gasteiger partial charge in [0.1, 0.15) is 5.82 Å². The van der Waals surface area contributed by atoms with Gasteiger partial charge in [-0.25, -0.2) is 9.78 Å². The smallest absolute Gasteiger partial charge is 0.319 e. The highest BCUT2D eigenvalue weighted by Crippen LogP contribution is 2.10. The lowest BCUT2D eigenvalue weighted by Gasteiger charge is -2.05. The lowest BCUT2D eigenvalue weighted by molar-refractivity contribution is 0.251. The zero-order valence-electron chi connectivity index (χ0n) is 10.8. The van der Waals surface area contributed by atoms with Gasteiger partial charge in [-0.3, -0.25) is 0 Å². The largest absolute Gasteiger partial charge is 0.340 e. The first-order valence-corrected chi connectivity index (χ1v) is 6.35. The van der Waals surface area contributed by atoms with E-state index in [-0.39, 0.29) is 6.03 Å². The number of nitrogens with one attached hydrogen (secondary N) is 3. The Balaban J connectivity index is 1.60. The van der Waals surface area contributed by atoms with Gasteiger partial charge in [0.15, 0.2) is 0 Å². The summed E-state index contributed by atoms with van der Waals surface area (Å²) in [6, 6.07) is 16.8. The predicted octanol–water partition coefficient (Wildman–Crippen LogP) is 2.88. The van der Waals surface area contributed by atoms with Crippen molar-refractivity contribution in [1.82, 2.24) is 15.3 Å². The van der Waals surface area contributed by atoms with E-state index >= 15 is 0 Å². The number of amides is 2. The normalized spacial score (nSPS) is 10.4. The van der Waals surface area contributed by atoms with E-state index in [0.717, 1.165) is 22.5 Å². The van der Waals surface area contributed by atoms with Gasteiger partial charge in [-0.1, -0.05) is 30.3 Å². The van der Waals surface area contributed by atoms with E-state index in [1.807, 2.05) is 54.6 Å². The van der Waals surface area contributed by atoms with Gasteiger partial charge >= 0.3 is 6.03 Å². The lowest BCUT2D eigenvalue weighted by atomic mass is 10.3. The Morgan fingerprint density at radius 2 is 1.80 bits per heavy atom. The van der Waals surface area contributed by atoms with Gasteiger partial charge in [0.05, 0.1) is 17.6 Å². The van der Waals surface area contributed by atoms with E-state index in [4.69, 9.17) is 0 Å². The number of aromatic nitrogens is 2. The highest BCUT2D eigenvalue weighted by atomic mass is 16.2. The molecule has 5 nitrogen and oxygen atoms in total. The van der Waals surface area contributed by atoms with Crippen LogP contribution in [0.25, 0.3) is 11.0 Å². The molecule has 3 N–H and O–H groups in total. The van der Waals surface area contributed by atoms with Gasteiger partial charge in [0.2, 0.25) is 0 Å². The van der Waals surface area contributed by atoms with Crippen LogP contribution in [-0.2, 0) is 6.54 Å². The monoisotopic (exact) mass is 266 g/mol. The van der Waals surface area contributed by atoms with Crippen molar-refractivity contribution in [3.63, 3.8) is 0 Å². The van der Waals surface area contributed by atoms with Crippen molar-refractivity contribution in [1.29, 1.82) is 0 Å². The van der Waals surface area contributed by atoms with Crippen LogP contribution in [0, 0.1) is 0 Å². The molecule has 0 fully saturated rings. The van der Waals surface area contributed by atoms with Gasteiger partial charge < -0.3 is 15.6 Å². The maximum atomic E-state index is 11.7. The molecule has 1 heterocycles. The fourth-order valence-electron chi connectivity index (χ4n) is 1.95. The second-order valence-corrected chi connectivity index (χ2v) is 4.37. The molecule has 2 amide bonds. The Morgan fingerprint density at radius 3 is 2.60 bits per heavy atom. The fraction of sp³-hybridized carbons (Fsp3) is 0.0667. The van der Waals surface area contributed by atoms with Gasteiger partial charge in [-0.05, 0) is 24.3 Å². The van der Waals surface area contributed by atoms with Crippen molar-refractivity contribution in [2.75, 3.05) is 5.32 Å². The quantitative estimate of drug-likeness (QED) is 0.682. The number of carbonyl (C=O) groups is 1. The first-order valence-electron chi connectivity index (χ1n) is 6.35. The molecule has 0 aliphatic heterocycles. The third-order valence-electron chi connectivity index (χ3n) is 2.89. The minimum Gasteiger partial charge on any atom is -0.340 e. The molecule has 5 heteroatoms. The number of imidazole rings is 1. The van der Waals surface area contributed by atoms with Crippen molar-refractivity contribution in [3.8, 4) is 0 Å². The molecule has 0 saturated heterocycles. The molecule has 0 aliphatic carbocycles. The van der Waals surface area contributed by atoms with Crippen LogP contribution < -0.4 is 10.6 Å². The molecule has 3 rings (SSSR count). The van der Waals surface area contributed by atoms with Crippen LogP contribution in [0.4, 0.5) is 10.5 Å². The Labute approximate surface area is 116 Å². The molecule has 0 radical (unpaired) electrons. The van der Waals surface area contributed by atoms with E-state index in [9.17, 15) is 4.79 Å². The molecule has 1 aromatic heterocycles. The molecule has 0 saturated carbocycles. The number of anilines is 1. The number of nitrogens with zero attached hydrogens (tertiary/aromatic N) is 1. The molecule has 0 aliphatic rings. The van der Waals surface area contributed by atoms with E-state index < -0.39 is 0 Å². The lowest BCUT2D eigenvalue weighted by Crippen LogP contribution is -2.28. The van der Waals surface area contributed by atoms with E-state index in [2.05, 4.69) is 20.6 Å². The van der Waals surface area contributed by atoms with Gasteiger partial charge in [0, 0.05) is 5.69 Å². The number of hydrogen-bond acceptors (Lipinski definition) is 2. The summed E-state index contributed by atoms with van der Waals surface area (Å²) < 4.78 is 0. The third kappa shape index (κ3) is 2.77. The van der Waals surface area contributed by atoms with Gasteiger partial charge in [0.25, 0.3) is 0 Å². The zero-order chi connectivity index (χ0) is 13.8. The maximum Gasteiger partial charge on any atom is 0.319 e. The summed E-state index contributed by atoms with van der Waals surface area (Å²) in [7, 11) is 0. The summed E-state index contributed by atoms with van der Waals surface area (Å²) in [6.07, 6.45) is 0. The number of rotatable bonds is 3. The molecule has 20 heavy (non-hydrogen) atoms. The summed E-state index contributed by atoms with van der Waals surface area (Å²) in [4.78, 5) is 19.3. The Bertz CT molecular complexity index is 688. The number of benzene rings is 2. The molecule has 0 atom stereocenters. The molecule has 0 bridgehead atoms. The Morgan fingerprint density at radius 1 is 1.05 bits per heavy atom. The van der Waals surface area contributed by atoms with E-state index in [0.29, 0.717) is 6.54 Å². The van der Waals surface area contributed by atoms with Crippen LogP contribution in [-0.4, -0.2) is 16.0 Å². The topological polar surface area (TPSA) is 69.8 Å². The Kier molecular flexibility index (Phi) is 3.33. The minimum absolute atomic E-state index is 0.253. The van der Waals surface area contributed by atoms with E-state index in [1.54, 1.807) is 0 Å². The number of para-hydroxylation sites is 3. The molecule has 0 unspecified atom stereocenters. The molecular formula is C15H14N4O. The number of H-pyrrole nitrogens is 1. The first-order chi connectivity index (χ1) is 9.81. The van der Waals surface area contributed by atoms with E-state index in [1.165, 1.54) is 0 Å². The zero-order valence-corrected chi connectivity index (χ0v) is 10.8. The second kappa shape index (κ2) is 5.44. The SMILES string of the molecule is O=C(NCc1nc2ccccc2[nH]1)Nc1ccccc1. The number of aromatic amines is 1. The number of carbonyl (C=O) groups excluding carboxylic acids is 1. The summed E-state index contributed by atoms with van der Waals surface area (Å²) in [5.74, 6) is 0.731. The van der Waals surface area contributed by atoms with Crippen molar-refractivity contribution in [2.45, 2.75) is 6.54 Å². The van der Waals surface area contributed by atoms with Crippen LogP contribution in [0.1, 0.15) is 5.82 Å². The van der Waals surface area contributed by atoms with Crippen molar-refractivity contribution < 1.29 is 4.79 Å². The standard InChI is InChI=1S/C15H14N4O/c20-15(17-11-6-2-1-3-7-11)16-10-14-18-12-8-4-5-9-13(12)19-14/h1-9H,10H2,(H,18,19)(H2,16,17,20). The second-order valence-electron chi connectivity index (χ2n) is 4.37. The molecular weight excluding hydrogens is 252 g/mol. The first kappa shape index (κ1) is 12.2. The number of urea groups is 1. The molecule has 2 aromatic carbocycles.